The standard InChI is InChI=1S/C27H28FNO3S2/c28-21-5-3-17(4-6-21)22-13-18(2-1-7-30)23(32-22)14-24-26(31)29(27(33)34-24)25-19-9-15-8-16(11-19)12-20(25)10-15/h3-6,13-16,19-20,25,30H,1-2,7-12H2/b24-14+. The monoisotopic (exact) mass is 497 g/mol. The number of thiocarbonyl (C=S) groups is 1. The Morgan fingerprint density at radius 1 is 1.12 bits per heavy atom. The van der Waals surface area contributed by atoms with E-state index in [9.17, 15) is 14.3 Å². The third-order valence-corrected chi connectivity index (χ3v) is 9.47. The van der Waals surface area contributed by atoms with Crippen LogP contribution in [0.4, 0.5) is 4.39 Å². The van der Waals surface area contributed by atoms with Gasteiger partial charge in [0, 0.05) is 24.3 Å². The summed E-state index contributed by atoms with van der Waals surface area (Å²) in [5.74, 6) is 3.77. The fourth-order valence-corrected chi connectivity index (χ4v) is 8.28. The summed E-state index contributed by atoms with van der Waals surface area (Å²) in [7, 11) is 0. The molecule has 1 amide bonds. The van der Waals surface area contributed by atoms with Gasteiger partial charge >= 0.3 is 0 Å². The molecule has 2 heterocycles. The number of thioether (sulfide) groups is 1. The zero-order valence-corrected chi connectivity index (χ0v) is 20.5. The first kappa shape index (κ1) is 22.5. The van der Waals surface area contributed by atoms with Crippen LogP contribution in [0.1, 0.15) is 49.8 Å². The molecule has 0 unspecified atom stereocenters. The van der Waals surface area contributed by atoms with E-state index in [2.05, 4.69) is 0 Å². The summed E-state index contributed by atoms with van der Waals surface area (Å²) in [6.07, 6.45) is 9.35. The Labute approximate surface area is 208 Å². The normalized spacial score (nSPS) is 31.3. The highest BCUT2D eigenvalue weighted by Crippen LogP contribution is 2.56. The molecule has 5 aliphatic rings. The Morgan fingerprint density at radius 2 is 1.79 bits per heavy atom. The predicted octanol–water partition coefficient (Wildman–Crippen LogP) is 6.04. The minimum atomic E-state index is -0.301. The summed E-state index contributed by atoms with van der Waals surface area (Å²) in [4.78, 5) is 16.1. The largest absolute Gasteiger partial charge is 0.456 e. The lowest BCUT2D eigenvalue weighted by atomic mass is 9.54. The van der Waals surface area contributed by atoms with Gasteiger partial charge in [-0.1, -0.05) is 24.0 Å². The maximum Gasteiger partial charge on any atom is 0.266 e. The molecule has 1 aliphatic heterocycles. The number of hydrogen-bond donors (Lipinski definition) is 1. The predicted molar refractivity (Wildman–Crippen MR) is 135 cm³/mol. The van der Waals surface area contributed by atoms with Crippen LogP contribution < -0.4 is 0 Å². The van der Waals surface area contributed by atoms with Crippen LogP contribution in [0.25, 0.3) is 17.4 Å². The van der Waals surface area contributed by atoms with Gasteiger partial charge in [0.15, 0.2) is 0 Å². The van der Waals surface area contributed by atoms with E-state index in [1.54, 1.807) is 12.1 Å². The quantitative estimate of drug-likeness (QED) is 0.390. The van der Waals surface area contributed by atoms with Crippen molar-refractivity contribution < 1.29 is 18.7 Å². The molecule has 0 radical (unpaired) electrons. The van der Waals surface area contributed by atoms with Crippen molar-refractivity contribution in [3.63, 3.8) is 0 Å². The Bertz CT molecular complexity index is 1130. The Balaban J connectivity index is 1.30. The van der Waals surface area contributed by atoms with E-state index in [4.69, 9.17) is 16.6 Å². The summed E-state index contributed by atoms with van der Waals surface area (Å²) < 4.78 is 20.2. The number of rotatable bonds is 6. The lowest BCUT2D eigenvalue weighted by molar-refractivity contribution is -0.130. The first-order valence-electron chi connectivity index (χ1n) is 12.3. The molecule has 178 valence electrons. The van der Waals surface area contributed by atoms with Gasteiger partial charge in [-0.25, -0.2) is 4.39 Å². The number of hydrogen-bond acceptors (Lipinski definition) is 5. The fourth-order valence-electron chi connectivity index (χ4n) is 6.96. The van der Waals surface area contributed by atoms with Gasteiger partial charge in [-0.15, -0.1) is 0 Å². The molecule has 1 saturated heterocycles. The molecule has 5 fully saturated rings. The van der Waals surface area contributed by atoms with Gasteiger partial charge in [0.1, 0.15) is 21.7 Å². The third kappa shape index (κ3) is 3.95. The van der Waals surface area contributed by atoms with Crippen molar-refractivity contribution in [1.29, 1.82) is 0 Å². The summed E-state index contributed by atoms with van der Waals surface area (Å²) in [5, 5.41) is 9.34. The molecular formula is C27H28FNO3S2. The van der Waals surface area contributed by atoms with E-state index in [-0.39, 0.29) is 24.4 Å². The first-order chi connectivity index (χ1) is 16.5. The number of halogens is 1. The zero-order chi connectivity index (χ0) is 23.4. The van der Waals surface area contributed by atoms with Crippen LogP contribution in [-0.2, 0) is 11.2 Å². The van der Waals surface area contributed by atoms with Crippen molar-refractivity contribution in [2.24, 2.45) is 23.7 Å². The summed E-state index contributed by atoms with van der Waals surface area (Å²) >= 11 is 7.11. The van der Waals surface area contributed by atoms with Crippen molar-refractivity contribution in [3.05, 3.63) is 52.4 Å². The highest BCUT2D eigenvalue weighted by molar-refractivity contribution is 8.26. The number of furan rings is 1. The number of carbonyl (C=O) groups excluding carboxylic acids is 1. The summed E-state index contributed by atoms with van der Waals surface area (Å²) in [6.45, 7) is 0.0745. The molecule has 0 atom stereocenters. The Kier molecular flexibility index (Phi) is 5.90. The minimum Gasteiger partial charge on any atom is -0.456 e. The van der Waals surface area contributed by atoms with E-state index < -0.39 is 0 Å². The Morgan fingerprint density at radius 3 is 2.44 bits per heavy atom. The van der Waals surface area contributed by atoms with Gasteiger partial charge in [-0.3, -0.25) is 9.69 Å². The number of nitrogens with zero attached hydrogens (tertiary/aromatic N) is 1. The Hall–Kier alpha value is -1.96. The molecule has 7 heteroatoms. The highest BCUT2D eigenvalue weighted by Gasteiger charge is 2.53. The average Bonchev–Trinajstić information content (AvgIpc) is 3.33. The lowest BCUT2D eigenvalue weighted by Crippen LogP contribution is -2.57. The van der Waals surface area contributed by atoms with Crippen LogP contribution in [0.2, 0.25) is 0 Å². The summed E-state index contributed by atoms with van der Waals surface area (Å²) in [6, 6.07) is 8.33. The molecule has 4 aliphatic carbocycles. The number of aliphatic hydroxyl groups is 1. The topological polar surface area (TPSA) is 53.7 Å². The number of benzene rings is 1. The molecule has 34 heavy (non-hydrogen) atoms. The van der Waals surface area contributed by atoms with Crippen LogP contribution in [0.3, 0.4) is 0 Å². The van der Waals surface area contributed by atoms with E-state index in [0.29, 0.717) is 45.4 Å². The molecule has 4 bridgehead atoms. The second-order valence-electron chi connectivity index (χ2n) is 10.3. The number of carbonyl (C=O) groups is 1. The van der Waals surface area contributed by atoms with E-state index in [1.807, 2.05) is 17.0 Å². The molecular weight excluding hydrogens is 469 g/mol. The van der Waals surface area contributed by atoms with E-state index in [1.165, 1.54) is 56.0 Å². The van der Waals surface area contributed by atoms with Crippen LogP contribution in [0, 0.1) is 29.5 Å². The minimum absolute atomic E-state index is 0.000291. The fraction of sp³-hybridized carbons (Fsp3) is 0.481. The van der Waals surface area contributed by atoms with E-state index in [0.717, 1.165) is 23.0 Å². The average molecular weight is 498 g/mol. The highest BCUT2D eigenvalue weighted by atomic mass is 32.2. The zero-order valence-electron chi connectivity index (χ0n) is 18.9. The van der Waals surface area contributed by atoms with Crippen molar-refractivity contribution in [2.45, 2.75) is 51.0 Å². The van der Waals surface area contributed by atoms with Gasteiger partial charge < -0.3 is 9.52 Å². The third-order valence-electron chi connectivity index (χ3n) is 8.14. The number of amides is 1. The smallest absolute Gasteiger partial charge is 0.266 e. The molecule has 1 aromatic carbocycles. The van der Waals surface area contributed by atoms with Gasteiger partial charge in [0.2, 0.25) is 0 Å². The molecule has 1 N–H and O–H groups in total. The van der Waals surface area contributed by atoms with Crippen LogP contribution in [-0.4, -0.2) is 32.9 Å². The second kappa shape index (κ2) is 8.92. The molecule has 4 nitrogen and oxygen atoms in total. The van der Waals surface area contributed by atoms with Gasteiger partial charge in [0.25, 0.3) is 5.91 Å². The molecule has 7 rings (SSSR count). The SMILES string of the molecule is O=C1/C(=C\c2oc(-c3ccc(F)cc3)cc2CCCO)SC(=S)N1C1C2CC3CC(C2)CC1C3. The number of aliphatic hydroxyl groups excluding tert-OH is 1. The molecule has 0 spiro atoms. The van der Waals surface area contributed by atoms with Crippen molar-refractivity contribution in [2.75, 3.05) is 6.61 Å². The second-order valence-corrected chi connectivity index (χ2v) is 12.0. The first-order valence-corrected chi connectivity index (χ1v) is 13.5. The molecule has 4 saturated carbocycles. The van der Waals surface area contributed by atoms with Crippen molar-refractivity contribution in [1.82, 2.24) is 4.90 Å². The van der Waals surface area contributed by atoms with Gasteiger partial charge in [0.05, 0.1) is 4.91 Å². The van der Waals surface area contributed by atoms with Crippen molar-refractivity contribution >= 4 is 40.3 Å². The summed E-state index contributed by atoms with van der Waals surface area (Å²) in [5.41, 5.74) is 1.70. The van der Waals surface area contributed by atoms with Crippen LogP contribution in [0.5, 0.6) is 0 Å². The maximum atomic E-state index is 13.6. The van der Waals surface area contributed by atoms with Crippen LogP contribution in [0.15, 0.2) is 39.7 Å². The molecule has 1 aromatic heterocycles. The lowest BCUT2D eigenvalue weighted by Gasteiger charge is -2.56. The maximum absolute atomic E-state index is 13.6. The number of aryl methyl sites for hydroxylation is 1. The van der Waals surface area contributed by atoms with Crippen molar-refractivity contribution in [3.8, 4) is 11.3 Å². The molecule has 2 aromatic rings. The van der Waals surface area contributed by atoms with E-state index >= 15 is 0 Å². The van der Waals surface area contributed by atoms with Gasteiger partial charge in [-0.05, 0) is 105 Å². The van der Waals surface area contributed by atoms with Crippen LogP contribution >= 0.6 is 24.0 Å². The van der Waals surface area contributed by atoms with Gasteiger partial charge in [-0.2, -0.15) is 0 Å².